The average molecular weight is 262 g/mol. The number of nitrogens with one attached hydrogen (secondary N) is 2. The lowest BCUT2D eigenvalue weighted by Crippen LogP contribution is -2.35. The van der Waals surface area contributed by atoms with Crippen LogP contribution in [0.3, 0.4) is 0 Å². The Morgan fingerprint density at radius 1 is 1.33 bits per heavy atom. The van der Waals surface area contributed by atoms with Crippen molar-refractivity contribution in [2.75, 3.05) is 14.1 Å². The molecule has 0 aliphatic heterocycles. The standard InChI is InChI=1S/C12H14N4OS/c1-16(2)7-9-10(14-15-12(9)17)8-18-11-5-3-4-6-13-11/h3-8,14H,1-2H3,(H,15,17)/b9-7?,10-8+. The first-order chi connectivity index (χ1) is 8.66. The Bertz CT molecular complexity index is 672. The lowest BCUT2D eigenvalue weighted by Gasteiger charge is -2.00. The van der Waals surface area contributed by atoms with Crippen LogP contribution in [0.2, 0.25) is 0 Å². The van der Waals surface area contributed by atoms with E-state index in [0.29, 0.717) is 5.22 Å². The Labute approximate surface area is 108 Å². The summed E-state index contributed by atoms with van der Waals surface area (Å²) >= 11 is 1.46. The van der Waals surface area contributed by atoms with Crippen molar-refractivity contribution in [1.82, 2.24) is 20.1 Å². The molecule has 5 nitrogen and oxygen atoms in total. The highest BCUT2D eigenvalue weighted by Gasteiger charge is 1.96. The van der Waals surface area contributed by atoms with Crippen molar-refractivity contribution in [3.05, 3.63) is 45.3 Å². The topological polar surface area (TPSA) is 64.8 Å². The maximum absolute atomic E-state index is 11.6. The van der Waals surface area contributed by atoms with Crippen molar-refractivity contribution in [3.63, 3.8) is 0 Å². The van der Waals surface area contributed by atoms with Gasteiger partial charge in [0.05, 0.1) is 10.6 Å². The highest BCUT2D eigenvalue weighted by Crippen LogP contribution is 2.13. The number of nitrogens with zero attached hydrogens (tertiary/aromatic N) is 2. The second-order valence-corrected chi connectivity index (χ2v) is 4.79. The van der Waals surface area contributed by atoms with Crippen molar-refractivity contribution >= 4 is 23.4 Å². The molecular formula is C12H14N4OS. The third-order valence-corrected chi connectivity index (χ3v) is 3.00. The van der Waals surface area contributed by atoms with Gasteiger partial charge in [-0.3, -0.25) is 15.0 Å². The molecule has 0 saturated carbocycles. The molecule has 6 heteroatoms. The van der Waals surface area contributed by atoms with Gasteiger partial charge in [-0.1, -0.05) is 17.8 Å². The van der Waals surface area contributed by atoms with Gasteiger partial charge in [-0.15, -0.1) is 0 Å². The van der Waals surface area contributed by atoms with Crippen LogP contribution in [-0.4, -0.2) is 34.2 Å². The summed E-state index contributed by atoms with van der Waals surface area (Å²) in [4.78, 5) is 17.6. The summed E-state index contributed by atoms with van der Waals surface area (Å²) in [6, 6.07) is 5.71. The Morgan fingerprint density at radius 2 is 2.17 bits per heavy atom. The van der Waals surface area contributed by atoms with E-state index in [2.05, 4.69) is 15.2 Å². The largest absolute Gasteiger partial charge is 0.383 e. The molecule has 0 atom stereocenters. The smallest absolute Gasteiger partial charge is 0.273 e. The number of aromatic nitrogens is 3. The van der Waals surface area contributed by atoms with Gasteiger partial charge in [-0.25, -0.2) is 4.98 Å². The molecule has 2 N–H and O–H groups in total. The van der Waals surface area contributed by atoms with E-state index in [1.807, 2.05) is 42.6 Å². The van der Waals surface area contributed by atoms with Crippen molar-refractivity contribution in [2.24, 2.45) is 0 Å². The SMILES string of the molecule is CN(C)C=c1c(=O)[nH][nH]/c1=C/Sc1ccccn1. The van der Waals surface area contributed by atoms with E-state index in [1.165, 1.54) is 11.8 Å². The Morgan fingerprint density at radius 3 is 2.83 bits per heavy atom. The van der Waals surface area contributed by atoms with Crippen LogP contribution < -0.4 is 16.1 Å². The molecular weight excluding hydrogens is 248 g/mol. The van der Waals surface area contributed by atoms with E-state index in [4.69, 9.17) is 0 Å². The summed E-state index contributed by atoms with van der Waals surface area (Å²) in [5, 5.41) is 9.55. The van der Waals surface area contributed by atoms with Crippen LogP contribution in [-0.2, 0) is 0 Å². The van der Waals surface area contributed by atoms with Crippen LogP contribution in [0.5, 0.6) is 0 Å². The normalized spacial score (nSPS) is 13.0. The number of hydrogen-bond donors (Lipinski definition) is 2. The highest BCUT2D eigenvalue weighted by atomic mass is 32.2. The van der Waals surface area contributed by atoms with Gasteiger partial charge >= 0.3 is 0 Å². The van der Waals surface area contributed by atoms with E-state index >= 15 is 0 Å². The van der Waals surface area contributed by atoms with Gasteiger partial charge in [-0.2, -0.15) is 0 Å². The molecule has 0 saturated heterocycles. The maximum atomic E-state index is 11.6. The zero-order chi connectivity index (χ0) is 13.0. The second kappa shape index (κ2) is 5.59. The van der Waals surface area contributed by atoms with Crippen LogP contribution >= 0.6 is 11.8 Å². The average Bonchev–Trinajstić information content (AvgIpc) is 2.69. The Hall–Kier alpha value is -1.95. The molecule has 0 bridgehead atoms. The second-order valence-electron chi connectivity index (χ2n) is 3.90. The van der Waals surface area contributed by atoms with Crippen LogP contribution in [0.15, 0.2) is 34.2 Å². The number of thioether (sulfide) groups is 1. The molecule has 2 heterocycles. The lowest BCUT2D eigenvalue weighted by molar-refractivity contribution is 0.613. The van der Waals surface area contributed by atoms with Crippen molar-refractivity contribution < 1.29 is 0 Å². The monoisotopic (exact) mass is 262 g/mol. The van der Waals surface area contributed by atoms with Gasteiger partial charge in [0, 0.05) is 31.9 Å². The number of H-pyrrole nitrogens is 2. The molecule has 0 aromatic carbocycles. The molecule has 0 amide bonds. The number of rotatable bonds is 3. The van der Waals surface area contributed by atoms with Gasteiger partial charge in [0.2, 0.25) is 0 Å². The summed E-state index contributed by atoms with van der Waals surface area (Å²) in [7, 11) is 3.75. The van der Waals surface area contributed by atoms with Gasteiger partial charge < -0.3 is 4.90 Å². The predicted octanol–water partition coefficient (Wildman–Crippen LogP) is -0.0721. The minimum Gasteiger partial charge on any atom is -0.383 e. The minimum atomic E-state index is -0.128. The molecule has 0 spiro atoms. The van der Waals surface area contributed by atoms with E-state index in [1.54, 1.807) is 12.4 Å². The molecule has 2 aromatic rings. The third kappa shape index (κ3) is 3.04. The quantitative estimate of drug-likeness (QED) is 0.760. The number of aromatic amines is 2. The van der Waals surface area contributed by atoms with Crippen molar-refractivity contribution in [3.8, 4) is 0 Å². The van der Waals surface area contributed by atoms with Crippen LogP contribution in [0.25, 0.3) is 11.6 Å². The molecule has 0 unspecified atom stereocenters. The number of hydrogen-bond acceptors (Lipinski definition) is 4. The van der Waals surface area contributed by atoms with Crippen LogP contribution in [0, 0.1) is 0 Å². The molecule has 2 aromatic heterocycles. The molecule has 94 valence electrons. The molecule has 0 fully saturated rings. The van der Waals surface area contributed by atoms with E-state index in [9.17, 15) is 4.79 Å². The van der Waals surface area contributed by atoms with Gasteiger partial charge in [0.1, 0.15) is 5.03 Å². The fraction of sp³-hybridized carbons (Fsp3) is 0.167. The zero-order valence-electron chi connectivity index (χ0n) is 10.2. The van der Waals surface area contributed by atoms with Gasteiger partial charge in [-0.05, 0) is 12.1 Å². The van der Waals surface area contributed by atoms with Crippen molar-refractivity contribution in [2.45, 2.75) is 5.03 Å². The van der Waals surface area contributed by atoms with Crippen LogP contribution in [0.4, 0.5) is 0 Å². The Kier molecular flexibility index (Phi) is 3.88. The first-order valence-corrected chi connectivity index (χ1v) is 6.27. The molecule has 2 rings (SSSR count). The van der Waals surface area contributed by atoms with Gasteiger partial charge in [0.15, 0.2) is 0 Å². The minimum absolute atomic E-state index is 0.128. The van der Waals surface area contributed by atoms with Crippen molar-refractivity contribution in [1.29, 1.82) is 0 Å². The van der Waals surface area contributed by atoms with E-state index < -0.39 is 0 Å². The highest BCUT2D eigenvalue weighted by molar-refractivity contribution is 8.06. The van der Waals surface area contributed by atoms with Crippen LogP contribution in [0.1, 0.15) is 0 Å². The maximum Gasteiger partial charge on any atom is 0.273 e. The third-order valence-electron chi connectivity index (χ3n) is 2.17. The number of pyridine rings is 1. The Balaban J connectivity index is 2.38. The fourth-order valence-corrected chi connectivity index (χ4v) is 2.10. The molecule has 18 heavy (non-hydrogen) atoms. The lowest BCUT2D eigenvalue weighted by atomic mass is 10.4. The summed E-state index contributed by atoms with van der Waals surface area (Å²) in [6.07, 6.45) is 3.52. The molecule has 0 aliphatic rings. The fourth-order valence-electron chi connectivity index (χ4n) is 1.40. The summed E-state index contributed by atoms with van der Waals surface area (Å²) in [5.41, 5.74) is -0.128. The van der Waals surface area contributed by atoms with Gasteiger partial charge in [0.25, 0.3) is 5.56 Å². The summed E-state index contributed by atoms with van der Waals surface area (Å²) < 4.78 is 0. The summed E-state index contributed by atoms with van der Waals surface area (Å²) in [5.74, 6) is 0. The molecule has 0 radical (unpaired) electrons. The predicted molar refractivity (Wildman–Crippen MR) is 73.4 cm³/mol. The zero-order valence-corrected chi connectivity index (χ0v) is 11.0. The summed E-state index contributed by atoms with van der Waals surface area (Å²) in [6.45, 7) is 0. The first-order valence-electron chi connectivity index (χ1n) is 5.39. The first kappa shape index (κ1) is 12.5. The van der Waals surface area contributed by atoms with E-state index in [-0.39, 0.29) is 5.56 Å². The van der Waals surface area contributed by atoms with E-state index in [0.717, 1.165) is 10.4 Å². The molecule has 0 aliphatic carbocycles.